The van der Waals surface area contributed by atoms with E-state index >= 15 is 0 Å². The molecule has 1 aromatic heterocycles. The number of aryl methyl sites for hydroxylation is 1. The molecule has 1 rings (SSSR count). The van der Waals surface area contributed by atoms with Gasteiger partial charge in [-0.3, -0.25) is 4.79 Å². The predicted octanol–water partition coefficient (Wildman–Crippen LogP) is 0.763. The van der Waals surface area contributed by atoms with Crippen LogP contribution in [0.25, 0.3) is 0 Å². The molecule has 0 saturated heterocycles. The second-order valence-electron chi connectivity index (χ2n) is 4.85. The zero-order valence-corrected chi connectivity index (χ0v) is 10.8. The first-order chi connectivity index (χ1) is 8.00. The third-order valence-electron chi connectivity index (χ3n) is 2.55. The van der Waals surface area contributed by atoms with Gasteiger partial charge in [-0.2, -0.15) is 0 Å². The summed E-state index contributed by atoms with van der Waals surface area (Å²) < 4.78 is 1.55. The number of rotatable bonds is 6. The molecule has 0 saturated carbocycles. The van der Waals surface area contributed by atoms with Gasteiger partial charge < -0.3 is 15.0 Å². The van der Waals surface area contributed by atoms with Gasteiger partial charge in [0.2, 0.25) is 0 Å². The highest BCUT2D eigenvalue weighted by Gasteiger charge is 2.07. The van der Waals surface area contributed by atoms with Gasteiger partial charge in [0.15, 0.2) is 0 Å². The van der Waals surface area contributed by atoms with Crippen LogP contribution >= 0.6 is 0 Å². The highest BCUT2D eigenvalue weighted by molar-refractivity contribution is 5.07. The van der Waals surface area contributed by atoms with Crippen LogP contribution in [0.4, 0.5) is 0 Å². The van der Waals surface area contributed by atoms with Crippen LogP contribution in [0.1, 0.15) is 19.4 Å². The minimum absolute atomic E-state index is 0.0320. The van der Waals surface area contributed by atoms with Crippen LogP contribution < -0.4 is 10.9 Å². The van der Waals surface area contributed by atoms with E-state index in [4.69, 9.17) is 0 Å². The van der Waals surface area contributed by atoms with Gasteiger partial charge in [0, 0.05) is 18.3 Å². The molecular formula is C13H22N2O2. The zero-order chi connectivity index (χ0) is 12.8. The van der Waals surface area contributed by atoms with E-state index in [2.05, 4.69) is 19.2 Å². The monoisotopic (exact) mass is 238 g/mol. The molecule has 0 aromatic carbocycles. The average Bonchev–Trinajstić information content (AvgIpc) is 2.24. The maximum absolute atomic E-state index is 11.7. The molecule has 1 aromatic rings. The highest BCUT2D eigenvalue weighted by Crippen LogP contribution is 1.93. The maximum atomic E-state index is 11.7. The van der Waals surface area contributed by atoms with Gasteiger partial charge in [0.1, 0.15) is 0 Å². The van der Waals surface area contributed by atoms with E-state index in [9.17, 15) is 9.90 Å². The van der Waals surface area contributed by atoms with E-state index in [-0.39, 0.29) is 5.56 Å². The minimum atomic E-state index is -0.534. The van der Waals surface area contributed by atoms with Crippen molar-refractivity contribution in [3.05, 3.63) is 34.2 Å². The molecule has 0 aliphatic carbocycles. The molecule has 0 aliphatic rings. The molecule has 4 heteroatoms. The molecule has 0 amide bonds. The van der Waals surface area contributed by atoms with Crippen molar-refractivity contribution in [2.45, 2.75) is 33.4 Å². The number of aromatic nitrogens is 1. The van der Waals surface area contributed by atoms with Crippen LogP contribution in [-0.2, 0) is 6.54 Å². The molecule has 1 unspecified atom stereocenters. The van der Waals surface area contributed by atoms with Gasteiger partial charge in [-0.1, -0.05) is 19.9 Å². The van der Waals surface area contributed by atoms with Gasteiger partial charge in [-0.15, -0.1) is 0 Å². The van der Waals surface area contributed by atoms with Gasteiger partial charge >= 0.3 is 0 Å². The summed E-state index contributed by atoms with van der Waals surface area (Å²) >= 11 is 0. The van der Waals surface area contributed by atoms with Gasteiger partial charge in [0.25, 0.3) is 5.56 Å². The number of nitrogens with one attached hydrogen (secondary N) is 1. The summed E-state index contributed by atoms with van der Waals surface area (Å²) in [6.07, 6.45) is 1.18. The van der Waals surface area contributed by atoms with Crippen molar-refractivity contribution in [3.8, 4) is 0 Å². The van der Waals surface area contributed by atoms with E-state index in [0.29, 0.717) is 24.6 Å². The maximum Gasteiger partial charge on any atom is 0.253 e. The summed E-state index contributed by atoms with van der Waals surface area (Å²) in [6, 6.07) is 3.60. The molecular weight excluding hydrogens is 216 g/mol. The normalized spacial score (nSPS) is 13.0. The molecule has 0 spiro atoms. The van der Waals surface area contributed by atoms with Crippen LogP contribution in [0.5, 0.6) is 0 Å². The Hall–Kier alpha value is -1.13. The first kappa shape index (κ1) is 13.9. The topological polar surface area (TPSA) is 54.3 Å². The van der Waals surface area contributed by atoms with Crippen LogP contribution in [0.15, 0.2) is 23.1 Å². The van der Waals surface area contributed by atoms with Crippen molar-refractivity contribution in [2.75, 3.05) is 13.1 Å². The molecule has 1 atom stereocenters. The summed E-state index contributed by atoms with van der Waals surface area (Å²) in [5.41, 5.74) is 0.672. The zero-order valence-electron chi connectivity index (χ0n) is 10.8. The Morgan fingerprint density at radius 1 is 1.41 bits per heavy atom. The fraction of sp³-hybridized carbons (Fsp3) is 0.615. The van der Waals surface area contributed by atoms with E-state index in [1.165, 1.54) is 0 Å². The Morgan fingerprint density at radius 2 is 2.12 bits per heavy atom. The molecule has 0 fully saturated rings. The van der Waals surface area contributed by atoms with Crippen molar-refractivity contribution in [1.29, 1.82) is 0 Å². The third-order valence-corrected chi connectivity index (χ3v) is 2.55. The lowest BCUT2D eigenvalue weighted by Gasteiger charge is -2.14. The average molecular weight is 238 g/mol. The molecule has 0 bridgehead atoms. The van der Waals surface area contributed by atoms with E-state index < -0.39 is 6.10 Å². The Bertz CT molecular complexity index is 399. The Kier molecular flexibility index (Phi) is 5.38. The number of nitrogens with zero attached hydrogens (tertiary/aromatic N) is 1. The Balaban J connectivity index is 2.48. The minimum Gasteiger partial charge on any atom is -0.390 e. The first-order valence-corrected chi connectivity index (χ1v) is 6.05. The smallest absolute Gasteiger partial charge is 0.253 e. The second-order valence-corrected chi connectivity index (χ2v) is 4.85. The summed E-state index contributed by atoms with van der Waals surface area (Å²) in [7, 11) is 0. The molecule has 0 aliphatic heterocycles. The molecule has 0 radical (unpaired) electrons. The van der Waals surface area contributed by atoms with Crippen LogP contribution in [0.2, 0.25) is 0 Å². The van der Waals surface area contributed by atoms with Crippen molar-refractivity contribution in [2.24, 2.45) is 5.92 Å². The number of pyridine rings is 1. The fourth-order valence-electron chi connectivity index (χ4n) is 1.63. The van der Waals surface area contributed by atoms with Crippen molar-refractivity contribution in [3.63, 3.8) is 0 Å². The fourth-order valence-corrected chi connectivity index (χ4v) is 1.63. The largest absolute Gasteiger partial charge is 0.390 e. The van der Waals surface area contributed by atoms with Crippen molar-refractivity contribution in [1.82, 2.24) is 9.88 Å². The summed E-state index contributed by atoms with van der Waals surface area (Å²) in [5.74, 6) is 0.559. The molecule has 4 nitrogen and oxygen atoms in total. The lowest BCUT2D eigenvalue weighted by molar-refractivity contribution is 0.149. The predicted molar refractivity (Wildman–Crippen MR) is 69.2 cm³/mol. The first-order valence-electron chi connectivity index (χ1n) is 6.05. The number of aliphatic hydroxyl groups excluding tert-OH is 1. The van der Waals surface area contributed by atoms with Gasteiger partial charge in [-0.05, 0) is 25.5 Å². The SMILES string of the molecule is Cc1cccn(CC(O)CNCC(C)C)c1=O. The Labute approximate surface area is 102 Å². The number of hydrogen-bond donors (Lipinski definition) is 2. The molecule has 1 heterocycles. The van der Waals surface area contributed by atoms with Crippen LogP contribution in [0.3, 0.4) is 0 Å². The van der Waals surface area contributed by atoms with Crippen molar-refractivity contribution < 1.29 is 5.11 Å². The van der Waals surface area contributed by atoms with E-state index in [1.807, 2.05) is 6.07 Å². The quantitative estimate of drug-likeness (QED) is 0.769. The van der Waals surface area contributed by atoms with Crippen molar-refractivity contribution >= 4 is 0 Å². The second kappa shape index (κ2) is 6.57. The number of aliphatic hydroxyl groups is 1. The molecule has 2 N–H and O–H groups in total. The van der Waals surface area contributed by atoms with Crippen LogP contribution in [-0.4, -0.2) is 28.9 Å². The van der Waals surface area contributed by atoms with Crippen LogP contribution in [0, 0.1) is 12.8 Å². The summed E-state index contributed by atoms with van der Waals surface area (Å²) in [4.78, 5) is 11.7. The lowest BCUT2D eigenvalue weighted by Crippen LogP contribution is -2.35. The summed E-state index contributed by atoms with van der Waals surface area (Å²) in [5, 5.41) is 13.0. The number of hydrogen-bond acceptors (Lipinski definition) is 3. The lowest BCUT2D eigenvalue weighted by atomic mass is 10.2. The third kappa shape index (κ3) is 4.71. The standard InChI is InChI=1S/C13H22N2O2/c1-10(2)7-14-8-12(16)9-15-6-4-5-11(3)13(15)17/h4-6,10,12,14,16H,7-9H2,1-3H3. The van der Waals surface area contributed by atoms with Gasteiger partial charge in [0.05, 0.1) is 12.6 Å². The van der Waals surface area contributed by atoms with Gasteiger partial charge in [-0.25, -0.2) is 0 Å². The van der Waals surface area contributed by atoms with E-state index in [0.717, 1.165) is 6.54 Å². The summed E-state index contributed by atoms with van der Waals surface area (Å²) in [6.45, 7) is 7.74. The highest BCUT2D eigenvalue weighted by atomic mass is 16.3. The molecule has 17 heavy (non-hydrogen) atoms. The Morgan fingerprint density at radius 3 is 2.76 bits per heavy atom. The molecule has 96 valence electrons. The van der Waals surface area contributed by atoms with E-state index in [1.54, 1.807) is 23.8 Å².